The fraction of sp³-hybridized carbons (Fsp3) is 0. The van der Waals surface area contributed by atoms with Gasteiger partial charge in [0.2, 0.25) is 0 Å². The predicted molar refractivity (Wildman–Crippen MR) is 75.8 cm³/mol. The minimum absolute atomic E-state index is 0.0884. The van der Waals surface area contributed by atoms with Crippen molar-refractivity contribution in [3.05, 3.63) is 54.6 Å². The number of fused-ring (bicyclic) bond motifs is 1. The lowest BCUT2D eigenvalue weighted by molar-refractivity contribution is 0.104. The van der Waals surface area contributed by atoms with Gasteiger partial charge in [0.25, 0.3) is 0 Å². The van der Waals surface area contributed by atoms with Crippen LogP contribution < -0.4 is 5.73 Å². The summed E-state index contributed by atoms with van der Waals surface area (Å²) in [6.45, 7) is 0. The molecule has 0 radical (unpaired) electrons. The lowest BCUT2D eigenvalue weighted by atomic mass is 10.1. The number of hydrogen-bond acceptors (Lipinski definition) is 5. The number of nitrogens with two attached hydrogens (primary N) is 1. The van der Waals surface area contributed by atoms with E-state index in [1.165, 1.54) is 12.4 Å². The zero-order chi connectivity index (χ0) is 13.9. The molecular formula is C14H11N5O. The van der Waals surface area contributed by atoms with Crippen LogP contribution in [-0.4, -0.2) is 25.3 Å². The molecule has 0 spiro atoms. The van der Waals surface area contributed by atoms with E-state index in [0.717, 1.165) is 0 Å². The summed E-state index contributed by atoms with van der Waals surface area (Å²) >= 11 is 0. The molecule has 1 aromatic carbocycles. The number of imidazole rings is 1. The maximum Gasteiger partial charge on any atom is 0.187 e. The van der Waals surface area contributed by atoms with Gasteiger partial charge in [-0.15, -0.1) is 0 Å². The van der Waals surface area contributed by atoms with Gasteiger partial charge < -0.3 is 5.73 Å². The molecule has 0 saturated carbocycles. The Balaban J connectivity index is 1.92. The van der Waals surface area contributed by atoms with Crippen LogP contribution in [0.5, 0.6) is 0 Å². The van der Waals surface area contributed by atoms with Crippen molar-refractivity contribution in [2.24, 2.45) is 0 Å². The van der Waals surface area contributed by atoms with Crippen LogP contribution >= 0.6 is 0 Å². The Labute approximate surface area is 114 Å². The minimum Gasteiger partial charge on any atom is -0.382 e. The molecule has 0 unspecified atom stereocenters. The Kier molecular flexibility index (Phi) is 2.96. The van der Waals surface area contributed by atoms with Crippen LogP contribution in [0.3, 0.4) is 0 Å². The number of aromatic nitrogens is 4. The van der Waals surface area contributed by atoms with Crippen molar-refractivity contribution >= 4 is 29.0 Å². The molecule has 0 aliphatic rings. The van der Waals surface area contributed by atoms with Gasteiger partial charge in [0.05, 0.1) is 0 Å². The van der Waals surface area contributed by atoms with E-state index in [4.69, 9.17) is 5.73 Å². The fourth-order valence-electron chi connectivity index (χ4n) is 1.83. The summed E-state index contributed by atoms with van der Waals surface area (Å²) in [6, 6.07) is 9.03. The van der Waals surface area contributed by atoms with Crippen LogP contribution in [-0.2, 0) is 0 Å². The molecule has 2 heterocycles. The number of nitrogens with zero attached hydrogens (tertiary/aromatic N) is 4. The Bertz CT molecular complexity index is 792. The number of ketones is 1. The smallest absolute Gasteiger partial charge is 0.187 e. The van der Waals surface area contributed by atoms with E-state index in [0.29, 0.717) is 22.5 Å². The monoisotopic (exact) mass is 265 g/mol. The second-order valence-corrected chi connectivity index (χ2v) is 4.13. The molecule has 3 aromatic rings. The molecule has 0 saturated heterocycles. The summed E-state index contributed by atoms with van der Waals surface area (Å²) in [6.07, 6.45) is 5.99. The average Bonchev–Trinajstić information content (AvgIpc) is 2.90. The number of rotatable bonds is 3. The van der Waals surface area contributed by atoms with Crippen molar-refractivity contribution in [3.8, 4) is 0 Å². The third kappa shape index (κ3) is 2.14. The average molecular weight is 265 g/mol. The van der Waals surface area contributed by atoms with E-state index >= 15 is 0 Å². The lowest BCUT2D eigenvalue weighted by Gasteiger charge is -1.97. The first-order valence-corrected chi connectivity index (χ1v) is 5.96. The Hall–Kier alpha value is -3.02. The van der Waals surface area contributed by atoms with Crippen molar-refractivity contribution in [1.29, 1.82) is 0 Å². The highest BCUT2D eigenvalue weighted by molar-refractivity contribution is 6.06. The summed E-state index contributed by atoms with van der Waals surface area (Å²) in [5, 5.41) is 0. The predicted octanol–water partition coefficient (Wildman–Crippen LogP) is 1.76. The van der Waals surface area contributed by atoms with Gasteiger partial charge in [-0.1, -0.05) is 30.3 Å². The van der Waals surface area contributed by atoms with Gasteiger partial charge in [0.15, 0.2) is 22.8 Å². The first-order valence-electron chi connectivity index (χ1n) is 5.96. The molecule has 6 heteroatoms. The third-order valence-electron chi connectivity index (χ3n) is 2.83. The molecule has 0 atom stereocenters. The molecule has 0 fully saturated rings. The summed E-state index contributed by atoms with van der Waals surface area (Å²) in [4.78, 5) is 24.0. The number of carbonyl (C=O) groups excluding carboxylic acids is 1. The highest BCUT2D eigenvalue weighted by Crippen LogP contribution is 2.14. The second-order valence-electron chi connectivity index (χ2n) is 4.13. The minimum atomic E-state index is -0.0884. The SMILES string of the molecule is Nc1ncnc2c1ncn2/C=C/C(=O)c1ccccc1. The number of allylic oxidation sites excluding steroid dienone is 1. The highest BCUT2D eigenvalue weighted by Gasteiger charge is 2.06. The van der Waals surface area contributed by atoms with Crippen LogP contribution in [0.15, 0.2) is 49.1 Å². The summed E-state index contributed by atoms with van der Waals surface area (Å²) < 4.78 is 1.63. The maximum absolute atomic E-state index is 12.0. The normalized spacial score (nSPS) is 11.2. The molecule has 98 valence electrons. The number of benzene rings is 1. The van der Waals surface area contributed by atoms with Gasteiger partial charge in [-0.3, -0.25) is 9.36 Å². The van der Waals surface area contributed by atoms with Gasteiger partial charge in [0.1, 0.15) is 12.7 Å². The topological polar surface area (TPSA) is 86.7 Å². The van der Waals surface area contributed by atoms with E-state index in [-0.39, 0.29) is 5.78 Å². The molecular weight excluding hydrogens is 254 g/mol. The van der Waals surface area contributed by atoms with Crippen LogP contribution in [0, 0.1) is 0 Å². The largest absolute Gasteiger partial charge is 0.382 e. The van der Waals surface area contributed by atoms with E-state index < -0.39 is 0 Å². The molecule has 0 bridgehead atoms. The van der Waals surface area contributed by atoms with Gasteiger partial charge in [-0.25, -0.2) is 15.0 Å². The molecule has 0 amide bonds. The van der Waals surface area contributed by atoms with Gasteiger partial charge >= 0.3 is 0 Å². The number of anilines is 1. The van der Waals surface area contributed by atoms with Crippen LogP contribution in [0.4, 0.5) is 5.82 Å². The highest BCUT2D eigenvalue weighted by atomic mass is 16.1. The molecule has 0 aliphatic heterocycles. The maximum atomic E-state index is 12.0. The molecule has 20 heavy (non-hydrogen) atoms. The molecule has 2 N–H and O–H groups in total. The van der Waals surface area contributed by atoms with Crippen molar-refractivity contribution in [2.75, 3.05) is 5.73 Å². The Morgan fingerprint density at radius 1 is 1.15 bits per heavy atom. The van der Waals surface area contributed by atoms with Gasteiger partial charge in [-0.05, 0) is 0 Å². The molecule has 0 aliphatic carbocycles. The Morgan fingerprint density at radius 2 is 1.95 bits per heavy atom. The van der Waals surface area contributed by atoms with Crippen LogP contribution in [0.2, 0.25) is 0 Å². The Morgan fingerprint density at radius 3 is 2.75 bits per heavy atom. The quantitative estimate of drug-likeness (QED) is 0.576. The van der Waals surface area contributed by atoms with E-state index in [9.17, 15) is 4.79 Å². The molecule has 3 rings (SSSR count). The van der Waals surface area contributed by atoms with E-state index in [2.05, 4.69) is 15.0 Å². The third-order valence-corrected chi connectivity index (χ3v) is 2.83. The van der Waals surface area contributed by atoms with Crippen molar-refractivity contribution in [2.45, 2.75) is 0 Å². The summed E-state index contributed by atoms with van der Waals surface area (Å²) in [5.41, 5.74) is 7.41. The zero-order valence-corrected chi connectivity index (χ0v) is 10.5. The first kappa shape index (κ1) is 12.0. The van der Waals surface area contributed by atoms with Crippen LogP contribution in [0.25, 0.3) is 17.4 Å². The van der Waals surface area contributed by atoms with Crippen molar-refractivity contribution in [1.82, 2.24) is 19.5 Å². The lowest BCUT2D eigenvalue weighted by Crippen LogP contribution is -1.96. The number of carbonyl (C=O) groups is 1. The number of nitrogen functional groups attached to an aromatic ring is 1. The zero-order valence-electron chi connectivity index (χ0n) is 10.5. The second kappa shape index (κ2) is 4.93. The van der Waals surface area contributed by atoms with E-state index in [1.807, 2.05) is 18.2 Å². The first-order chi connectivity index (χ1) is 9.75. The standard InChI is InChI=1S/C14H11N5O/c15-13-12-14(17-8-16-13)19(9-18-12)7-6-11(20)10-4-2-1-3-5-10/h1-9H,(H2,15,16,17)/b7-6+. The molecule has 6 nitrogen and oxygen atoms in total. The fourth-order valence-corrected chi connectivity index (χ4v) is 1.83. The molecule has 2 aromatic heterocycles. The summed E-state index contributed by atoms with van der Waals surface area (Å²) in [7, 11) is 0. The van der Waals surface area contributed by atoms with Crippen LogP contribution in [0.1, 0.15) is 10.4 Å². The van der Waals surface area contributed by atoms with Crippen molar-refractivity contribution < 1.29 is 4.79 Å². The van der Waals surface area contributed by atoms with Gasteiger partial charge in [0, 0.05) is 17.8 Å². The summed E-state index contributed by atoms with van der Waals surface area (Å²) in [5.74, 6) is 0.228. The van der Waals surface area contributed by atoms with E-state index in [1.54, 1.807) is 29.2 Å². The number of hydrogen-bond donors (Lipinski definition) is 1. The van der Waals surface area contributed by atoms with Gasteiger partial charge in [-0.2, -0.15) is 0 Å². The van der Waals surface area contributed by atoms with Crippen molar-refractivity contribution in [3.63, 3.8) is 0 Å².